The van der Waals surface area contributed by atoms with Gasteiger partial charge in [0.15, 0.2) is 0 Å². The molecule has 6 heteroatoms. The Morgan fingerprint density at radius 3 is 3.18 bits per heavy atom. The first-order chi connectivity index (χ1) is 10.8. The second-order valence-corrected chi connectivity index (χ2v) is 5.70. The van der Waals surface area contributed by atoms with Crippen LogP contribution in [0.2, 0.25) is 0 Å². The quantitative estimate of drug-likeness (QED) is 0.606. The number of rotatable bonds is 5. The summed E-state index contributed by atoms with van der Waals surface area (Å²) in [5.74, 6) is 0.358. The minimum Gasteiger partial charge on any atom is -0.377 e. The molecule has 1 aliphatic carbocycles. The maximum atomic E-state index is 12.7. The molecule has 2 heterocycles. The van der Waals surface area contributed by atoms with E-state index in [-0.39, 0.29) is 18.1 Å². The summed E-state index contributed by atoms with van der Waals surface area (Å²) in [4.78, 5) is 14.6. The molecule has 3 rings (SSSR count). The zero-order chi connectivity index (χ0) is 15.4. The molecule has 22 heavy (non-hydrogen) atoms. The van der Waals surface area contributed by atoms with E-state index in [4.69, 9.17) is 9.47 Å². The molecule has 1 aliphatic heterocycles. The van der Waals surface area contributed by atoms with Gasteiger partial charge in [-0.2, -0.15) is 10.2 Å². The average molecular weight is 303 g/mol. The molecule has 2 fully saturated rings. The zero-order valence-electron chi connectivity index (χ0n) is 12.6. The Morgan fingerprint density at radius 2 is 2.41 bits per heavy atom. The van der Waals surface area contributed by atoms with Crippen molar-refractivity contribution in [3.63, 3.8) is 0 Å². The molecular formula is C16H21N3O3. The van der Waals surface area contributed by atoms with Crippen LogP contribution in [0.25, 0.3) is 0 Å². The molecular weight excluding hydrogens is 282 g/mol. The number of aromatic nitrogens is 2. The van der Waals surface area contributed by atoms with Gasteiger partial charge < -0.3 is 14.4 Å². The lowest BCUT2D eigenvalue weighted by Crippen LogP contribution is -2.53. The van der Waals surface area contributed by atoms with Crippen LogP contribution in [0.15, 0.2) is 31.1 Å². The molecule has 3 atom stereocenters. The Labute approximate surface area is 130 Å². The topological polar surface area (TPSA) is 64.6 Å². The van der Waals surface area contributed by atoms with Crippen molar-refractivity contribution in [1.82, 2.24) is 15.1 Å². The van der Waals surface area contributed by atoms with Crippen molar-refractivity contribution >= 4 is 5.91 Å². The first-order valence-electron chi connectivity index (χ1n) is 7.69. The Bertz CT molecular complexity index is 523. The van der Waals surface area contributed by atoms with Crippen LogP contribution >= 0.6 is 0 Å². The summed E-state index contributed by atoms with van der Waals surface area (Å²) in [5, 5.41) is 7.52. The van der Waals surface area contributed by atoms with E-state index in [9.17, 15) is 4.79 Å². The summed E-state index contributed by atoms with van der Waals surface area (Å²) in [6, 6.07) is 1.84. The van der Waals surface area contributed by atoms with Crippen molar-refractivity contribution in [2.24, 2.45) is 5.92 Å². The smallest absolute Gasteiger partial charge is 0.255 e. The summed E-state index contributed by atoms with van der Waals surface area (Å²) in [6.07, 6.45) is 6.86. The lowest BCUT2D eigenvalue weighted by Gasteiger charge is -2.39. The summed E-state index contributed by atoms with van der Waals surface area (Å²) in [5.41, 5.74) is 0.585. The Hall–Kier alpha value is -1.79. The van der Waals surface area contributed by atoms with Gasteiger partial charge in [0.05, 0.1) is 49.9 Å². The molecule has 0 unspecified atom stereocenters. The lowest BCUT2D eigenvalue weighted by atomic mass is 10.0. The summed E-state index contributed by atoms with van der Waals surface area (Å²) < 4.78 is 11.5. The molecule has 118 valence electrons. The summed E-state index contributed by atoms with van der Waals surface area (Å²) in [7, 11) is 0. The van der Waals surface area contributed by atoms with Gasteiger partial charge in [0, 0.05) is 12.5 Å². The van der Waals surface area contributed by atoms with Crippen LogP contribution < -0.4 is 0 Å². The largest absolute Gasteiger partial charge is 0.377 e. The van der Waals surface area contributed by atoms with Gasteiger partial charge >= 0.3 is 0 Å². The Morgan fingerprint density at radius 1 is 1.50 bits per heavy atom. The average Bonchev–Trinajstić information content (AvgIpc) is 2.98. The highest BCUT2D eigenvalue weighted by molar-refractivity contribution is 5.94. The molecule has 6 nitrogen and oxygen atoms in total. The summed E-state index contributed by atoms with van der Waals surface area (Å²) in [6.45, 7) is 6.07. The number of fused-ring (bicyclic) bond motifs is 1. The van der Waals surface area contributed by atoms with E-state index in [0.29, 0.717) is 37.8 Å². The van der Waals surface area contributed by atoms with Crippen molar-refractivity contribution in [2.45, 2.75) is 25.0 Å². The predicted molar refractivity (Wildman–Crippen MR) is 80.3 cm³/mol. The highest BCUT2D eigenvalue weighted by atomic mass is 16.5. The van der Waals surface area contributed by atoms with Gasteiger partial charge in [-0.15, -0.1) is 6.58 Å². The third-order valence-electron chi connectivity index (χ3n) is 4.38. The van der Waals surface area contributed by atoms with Gasteiger partial charge in [-0.1, -0.05) is 6.08 Å². The van der Waals surface area contributed by atoms with E-state index in [1.807, 2.05) is 4.90 Å². The van der Waals surface area contributed by atoms with Gasteiger partial charge in [-0.25, -0.2) is 0 Å². The number of ether oxygens (including phenoxy) is 2. The first-order valence-corrected chi connectivity index (χ1v) is 7.69. The van der Waals surface area contributed by atoms with E-state index in [0.717, 1.165) is 12.8 Å². The summed E-state index contributed by atoms with van der Waals surface area (Å²) >= 11 is 0. The Balaban J connectivity index is 1.67. The van der Waals surface area contributed by atoms with Crippen LogP contribution in [0.5, 0.6) is 0 Å². The molecule has 1 saturated heterocycles. The fourth-order valence-corrected chi connectivity index (χ4v) is 3.38. The molecule has 0 N–H and O–H groups in total. The SMILES string of the molecule is C=CCOC[C@@H]1CC[C@H]2[C@H]1OCCN2C(=O)c1ccnnc1. The molecule has 1 aromatic rings. The third kappa shape index (κ3) is 3.03. The zero-order valence-corrected chi connectivity index (χ0v) is 12.6. The van der Waals surface area contributed by atoms with E-state index < -0.39 is 0 Å². The highest BCUT2D eigenvalue weighted by Crippen LogP contribution is 2.35. The molecule has 1 amide bonds. The molecule has 0 aromatic carbocycles. The fourth-order valence-electron chi connectivity index (χ4n) is 3.38. The van der Waals surface area contributed by atoms with E-state index in [2.05, 4.69) is 16.8 Å². The lowest BCUT2D eigenvalue weighted by molar-refractivity contribution is -0.0738. The molecule has 0 radical (unpaired) electrons. The van der Waals surface area contributed by atoms with Crippen molar-refractivity contribution in [1.29, 1.82) is 0 Å². The van der Waals surface area contributed by atoms with Gasteiger partial charge in [0.25, 0.3) is 5.91 Å². The van der Waals surface area contributed by atoms with Gasteiger partial charge in [0.1, 0.15) is 0 Å². The van der Waals surface area contributed by atoms with Crippen molar-refractivity contribution in [2.75, 3.05) is 26.4 Å². The molecule has 0 spiro atoms. The van der Waals surface area contributed by atoms with E-state index >= 15 is 0 Å². The van der Waals surface area contributed by atoms with Crippen molar-refractivity contribution in [3.05, 3.63) is 36.7 Å². The molecule has 1 aromatic heterocycles. The van der Waals surface area contributed by atoms with E-state index in [1.54, 1.807) is 18.3 Å². The van der Waals surface area contributed by atoms with Crippen LogP contribution in [0.4, 0.5) is 0 Å². The van der Waals surface area contributed by atoms with Gasteiger partial charge in [-0.3, -0.25) is 4.79 Å². The Kier molecular flexibility index (Phi) is 4.80. The number of hydrogen-bond donors (Lipinski definition) is 0. The second-order valence-electron chi connectivity index (χ2n) is 5.70. The number of carbonyl (C=O) groups excluding carboxylic acids is 1. The normalized spacial score (nSPS) is 27.5. The van der Waals surface area contributed by atoms with Gasteiger partial charge in [-0.05, 0) is 18.9 Å². The number of hydrogen-bond acceptors (Lipinski definition) is 5. The van der Waals surface area contributed by atoms with Crippen molar-refractivity contribution in [3.8, 4) is 0 Å². The van der Waals surface area contributed by atoms with Crippen LogP contribution in [-0.4, -0.2) is 59.5 Å². The fraction of sp³-hybridized carbons (Fsp3) is 0.562. The molecule has 1 saturated carbocycles. The number of amides is 1. The standard InChI is InChI=1S/C16H21N3O3/c1-2-8-21-11-13-3-4-14-15(13)22-9-7-19(14)16(20)12-5-6-17-18-10-12/h2,5-6,10,13-15H,1,3-4,7-9,11H2/t13-,14-,15-/m0/s1. The van der Waals surface area contributed by atoms with Crippen LogP contribution in [0.1, 0.15) is 23.2 Å². The van der Waals surface area contributed by atoms with Crippen LogP contribution in [0, 0.1) is 5.92 Å². The predicted octanol–water partition coefficient (Wildman–Crippen LogP) is 1.30. The first kappa shape index (κ1) is 15.1. The van der Waals surface area contributed by atoms with Crippen LogP contribution in [0.3, 0.4) is 0 Å². The molecule has 0 bridgehead atoms. The van der Waals surface area contributed by atoms with Crippen LogP contribution in [-0.2, 0) is 9.47 Å². The number of nitrogens with zero attached hydrogens (tertiary/aromatic N) is 3. The maximum Gasteiger partial charge on any atom is 0.255 e. The number of carbonyl (C=O) groups is 1. The highest BCUT2D eigenvalue weighted by Gasteiger charge is 2.44. The van der Waals surface area contributed by atoms with Crippen molar-refractivity contribution < 1.29 is 14.3 Å². The van der Waals surface area contributed by atoms with Gasteiger partial charge in [0.2, 0.25) is 0 Å². The minimum atomic E-state index is 0.0147. The molecule has 2 aliphatic rings. The second kappa shape index (κ2) is 6.98. The monoisotopic (exact) mass is 303 g/mol. The maximum absolute atomic E-state index is 12.7. The minimum absolute atomic E-state index is 0.0147. The number of morpholine rings is 1. The third-order valence-corrected chi connectivity index (χ3v) is 4.38. The van der Waals surface area contributed by atoms with E-state index in [1.165, 1.54) is 6.20 Å².